The van der Waals surface area contributed by atoms with Gasteiger partial charge in [-0.25, -0.2) is 9.97 Å². The molecule has 0 spiro atoms. The normalized spacial score (nSPS) is 10.4. The van der Waals surface area contributed by atoms with Crippen LogP contribution in [-0.2, 0) is 0 Å². The Morgan fingerprint density at radius 3 is 2.43 bits per heavy atom. The van der Waals surface area contributed by atoms with Crippen LogP contribution in [0.5, 0.6) is 0 Å². The minimum atomic E-state index is 0.529. The van der Waals surface area contributed by atoms with Crippen molar-refractivity contribution in [2.45, 2.75) is 40.0 Å². The van der Waals surface area contributed by atoms with Crippen LogP contribution in [0.25, 0.3) is 9.66 Å². The van der Waals surface area contributed by atoms with Crippen LogP contribution in [0, 0.1) is 0 Å². The van der Waals surface area contributed by atoms with Crippen LogP contribution in [0.2, 0.25) is 0 Å². The molecular weight excluding hydrogens is 212 g/mol. The van der Waals surface area contributed by atoms with Gasteiger partial charge >= 0.3 is 0 Å². The molecule has 0 aliphatic heterocycles. The van der Waals surface area contributed by atoms with Crippen molar-refractivity contribution in [3.8, 4) is 0 Å². The molecule has 0 unspecified atom stereocenters. The van der Waals surface area contributed by atoms with E-state index < -0.39 is 0 Å². The van der Waals surface area contributed by atoms with Crippen LogP contribution in [0.1, 0.15) is 45.0 Å². The number of thiazole rings is 2. The topological polar surface area (TPSA) is 25.8 Å². The largest absolute Gasteiger partial charge is 0.232 e. The average molecular weight is 228 g/mol. The highest BCUT2D eigenvalue weighted by Crippen LogP contribution is 2.28. The Balaban J connectivity index is 0.000000293. The maximum atomic E-state index is 4.45. The summed E-state index contributed by atoms with van der Waals surface area (Å²) in [5.41, 5.74) is 1.85. The molecule has 14 heavy (non-hydrogen) atoms. The van der Waals surface area contributed by atoms with Crippen molar-refractivity contribution in [3.05, 3.63) is 10.5 Å². The van der Waals surface area contributed by atoms with Crippen LogP contribution >= 0.6 is 22.7 Å². The molecule has 2 aromatic rings. The molecule has 0 saturated heterocycles. The van der Waals surface area contributed by atoms with E-state index in [0.717, 1.165) is 9.66 Å². The third kappa shape index (κ3) is 2.75. The summed E-state index contributed by atoms with van der Waals surface area (Å²) < 4.78 is 0. The summed E-state index contributed by atoms with van der Waals surface area (Å²) in [6, 6.07) is 0. The second-order valence-corrected chi connectivity index (χ2v) is 5.22. The Labute approximate surface area is 93.0 Å². The van der Waals surface area contributed by atoms with Crippen LogP contribution in [0.15, 0.2) is 5.51 Å². The first kappa shape index (κ1) is 11.6. The van der Waals surface area contributed by atoms with Gasteiger partial charge in [0.25, 0.3) is 0 Å². The van der Waals surface area contributed by atoms with E-state index in [1.165, 1.54) is 11.4 Å². The SMILES string of the molecule is CC(C)c1nc2scnc2s1.CCC. The summed E-state index contributed by atoms with van der Waals surface area (Å²) in [5.74, 6) is 0.529. The maximum absolute atomic E-state index is 4.45. The molecule has 0 saturated carbocycles. The number of fused-ring (bicyclic) bond motifs is 1. The molecule has 2 rings (SSSR count). The van der Waals surface area contributed by atoms with E-state index in [9.17, 15) is 0 Å². The molecule has 2 aromatic heterocycles. The molecule has 78 valence electrons. The number of hydrogen-bond donors (Lipinski definition) is 0. The standard InChI is InChI=1S/C7H8N2S2.C3H8/c1-4(2)5-9-7-6(11-5)8-3-10-7;1-3-2/h3-4H,1-2H3;3H2,1-2H3. The summed E-state index contributed by atoms with van der Waals surface area (Å²) in [6.07, 6.45) is 1.25. The van der Waals surface area contributed by atoms with E-state index in [2.05, 4.69) is 37.7 Å². The fraction of sp³-hybridized carbons (Fsp3) is 0.600. The average Bonchev–Trinajstić information content (AvgIpc) is 2.61. The van der Waals surface area contributed by atoms with Crippen molar-refractivity contribution in [1.29, 1.82) is 0 Å². The number of rotatable bonds is 1. The van der Waals surface area contributed by atoms with Gasteiger partial charge in [0.2, 0.25) is 0 Å². The van der Waals surface area contributed by atoms with Gasteiger partial charge in [0, 0.05) is 5.92 Å². The molecule has 0 amide bonds. The van der Waals surface area contributed by atoms with Gasteiger partial charge in [-0.2, -0.15) is 0 Å². The maximum Gasteiger partial charge on any atom is 0.154 e. The highest BCUT2D eigenvalue weighted by atomic mass is 32.1. The van der Waals surface area contributed by atoms with Gasteiger partial charge in [-0.1, -0.05) is 45.5 Å². The molecule has 0 aliphatic rings. The van der Waals surface area contributed by atoms with Crippen molar-refractivity contribution in [2.24, 2.45) is 0 Å². The number of nitrogens with zero attached hydrogens (tertiary/aromatic N) is 2. The van der Waals surface area contributed by atoms with E-state index in [0.29, 0.717) is 5.92 Å². The van der Waals surface area contributed by atoms with Crippen LogP contribution in [-0.4, -0.2) is 9.97 Å². The molecule has 0 N–H and O–H groups in total. The predicted octanol–water partition coefficient (Wildman–Crippen LogP) is 4.29. The van der Waals surface area contributed by atoms with Gasteiger partial charge in [-0.05, 0) is 0 Å². The van der Waals surface area contributed by atoms with Gasteiger partial charge in [0.1, 0.15) is 0 Å². The zero-order valence-electron chi connectivity index (χ0n) is 9.07. The van der Waals surface area contributed by atoms with Crippen LogP contribution < -0.4 is 0 Å². The Hall–Kier alpha value is -0.480. The lowest BCUT2D eigenvalue weighted by atomic mass is 10.2. The lowest BCUT2D eigenvalue weighted by Crippen LogP contribution is -1.82. The van der Waals surface area contributed by atoms with E-state index in [1.807, 2.05) is 5.51 Å². The molecule has 4 heteroatoms. The minimum absolute atomic E-state index is 0.529. The Morgan fingerprint density at radius 2 is 1.93 bits per heavy atom. The van der Waals surface area contributed by atoms with Crippen molar-refractivity contribution in [3.63, 3.8) is 0 Å². The van der Waals surface area contributed by atoms with Crippen molar-refractivity contribution in [2.75, 3.05) is 0 Å². The van der Waals surface area contributed by atoms with Crippen LogP contribution in [0.3, 0.4) is 0 Å². The fourth-order valence-electron chi connectivity index (χ4n) is 0.843. The van der Waals surface area contributed by atoms with Crippen molar-refractivity contribution < 1.29 is 0 Å². The molecule has 0 fully saturated rings. The molecular formula is C10H16N2S2. The van der Waals surface area contributed by atoms with Gasteiger partial charge in [0.15, 0.2) is 9.66 Å². The first-order valence-electron chi connectivity index (χ1n) is 4.88. The van der Waals surface area contributed by atoms with Gasteiger partial charge < -0.3 is 0 Å². The van der Waals surface area contributed by atoms with E-state index in [-0.39, 0.29) is 0 Å². The minimum Gasteiger partial charge on any atom is -0.232 e. The number of aromatic nitrogens is 2. The molecule has 2 nitrogen and oxygen atoms in total. The van der Waals surface area contributed by atoms with Crippen molar-refractivity contribution >= 4 is 32.3 Å². The monoisotopic (exact) mass is 228 g/mol. The summed E-state index contributed by atoms with van der Waals surface area (Å²) in [5, 5.41) is 1.19. The Bertz CT molecular complexity index is 348. The van der Waals surface area contributed by atoms with Crippen LogP contribution in [0.4, 0.5) is 0 Å². The summed E-state index contributed by atoms with van der Waals surface area (Å²) in [7, 11) is 0. The quantitative estimate of drug-likeness (QED) is 0.727. The highest BCUT2D eigenvalue weighted by Gasteiger charge is 2.08. The molecule has 0 bridgehead atoms. The highest BCUT2D eigenvalue weighted by molar-refractivity contribution is 7.25. The molecule has 0 aromatic carbocycles. The summed E-state index contributed by atoms with van der Waals surface area (Å²) in [6.45, 7) is 8.56. The lowest BCUT2D eigenvalue weighted by Gasteiger charge is -1.94. The first-order valence-corrected chi connectivity index (χ1v) is 6.58. The van der Waals surface area contributed by atoms with Gasteiger partial charge in [-0.3, -0.25) is 0 Å². The van der Waals surface area contributed by atoms with Crippen molar-refractivity contribution in [1.82, 2.24) is 9.97 Å². The number of hydrogen-bond acceptors (Lipinski definition) is 4. The zero-order valence-corrected chi connectivity index (χ0v) is 10.7. The van der Waals surface area contributed by atoms with E-state index >= 15 is 0 Å². The second-order valence-electron chi connectivity index (χ2n) is 3.38. The summed E-state index contributed by atoms with van der Waals surface area (Å²) >= 11 is 3.31. The summed E-state index contributed by atoms with van der Waals surface area (Å²) in [4.78, 5) is 10.8. The first-order chi connectivity index (χ1) is 6.69. The smallest absolute Gasteiger partial charge is 0.154 e. The third-order valence-corrected chi connectivity index (χ3v) is 3.54. The van der Waals surface area contributed by atoms with Gasteiger partial charge in [-0.15, -0.1) is 11.3 Å². The lowest BCUT2D eigenvalue weighted by molar-refractivity contribution is 0.857. The molecule has 0 radical (unpaired) electrons. The third-order valence-electron chi connectivity index (χ3n) is 1.42. The Morgan fingerprint density at radius 1 is 1.29 bits per heavy atom. The van der Waals surface area contributed by atoms with Gasteiger partial charge in [0.05, 0.1) is 10.5 Å². The zero-order chi connectivity index (χ0) is 10.6. The second kappa shape index (κ2) is 5.41. The van der Waals surface area contributed by atoms with E-state index in [4.69, 9.17) is 0 Å². The Kier molecular flexibility index (Phi) is 4.48. The molecule has 0 aliphatic carbocycles. The molecule has 2 heterocycles. The van der Waals surface area contributed by atoms with E-state index in [1.54, 1.807) is 22.7 Å². The molecule has 0 atom stereocenters. The fourth-order valence-corrected chi connectivity index (χ4v) is 2.61. The predicted molar refractivity (Wildman–Crippen MR) is 65.3 cm³/mol.